The molecular weight excluding hydrogens is 660 g/mol. The van der Waals surface area contributed by atoms with Crippen molar-refractivity contribution in [2.24, 2.45) is 0 Å². The lowest BCUT2D eigenvalue weighted by Crippen LogP contribution is -2.38. The predicted molar refractivity (Wildman–Crippen MR) is 156 cm³/mol. The summed E-state index contributed by atoms with van der Waals surface area (Å²) in [6, 6.07) is 14.8. The molecule has 12 heteroatoms. The van der Waals surface area contributed by atoms with E-state index in [9.17, 15) is 14.4 Å². The summed E-state index contributed by atoms with van der Waals surface area (Å²) in [5.74, 6) is 0.200. The van der Waals surface area contributed by atoms with Gasteiger partial charge in [-0.15, -0.1) is 0 Å². The maximum absolute atomic E-state index is 12.9. The van der Waals surface area contributed by atoms with Crippen LogP contribution in [0.25, 0.3) is 6.08 Å². The van der Waals surface area contributed by atoms with Crippen molar-refractivity contribution in [2.45, 2.75) is 6.61 Å². The minimum Gasteiger partial charge on any atom is -0.495 e. The summed E-state index contributed by atoms with van der Waals surface area (Å²) < 4.78 is 17.4. The molecule has 0 atom stereocenters. The van der Waals surface area contributed by atoms with E-state index in [4.69, 9.17) is 37.4 Å². The number of nitrogens with one attached hydrogen (secondary N) is 2. The van der Waals surface area contributed by atoms with Crippen molar-refractivity contribution in [2.75, 3.05) is 26.1 Å². The highest BCUT2D eigenvalue weighted by Gasteiger charge is 2.35. The van der Waals surface area contributed by atoms with Gasteiger partial charge in [-0.1, -0.05) is 41.4 Å². The number of urea groups is 1. The first kappa shape index (κ1) is 28.5. The van der Waals surface area contributed by atoms with Crippen molar-refractivity contribution < 1.29 is 28.6 Å². The number of carbonyl (C=O) groups excluding carboxylic acids is 3. The molecular formula is C27H22Cl2IN3O6. The highest BCUT2D eigenvalue weighted by Crippen LogP contribution is 2.36. The first-order valence-corrected chi connectivity index (χ1v) is 13.2. The predicted octanol–water partition coefficient (Wildman–Crippen LogP) is 5.73. The van der Waals surface area contributed by atoms with Gasteiger partial charge in [-0.2, -0.15) is 0 Å². The minimum absolute atomic E-state index is 0.0208. The Hall–Kier alpha value is -3.48. The molecule has 202 valence electrons. The second-order valence-corrected chi connectivity index (χ2v) is 10.2. The third kappa shape index (κ3) is 6.75. The summed E-state index contributed by atoms with van der Waals surface area (Å²) in [5.41, 5.74) is 1.85. The van der Waals surface area contributed by atoms with Gasteiger partial charge in [0.25, 0.3) is 5.91 Å². The summed E-state index contributed by atoms with van der Waals surface area (Å²) >= 11 is 14.2. The average Bonchev–Trinajstić information content (AvgIpc) is 3.17. The van der Waals surface area contributed by atoms with E-state index < -0.39 is 24.4 Å². The van der Waals surface area contributed by atoms with Crippen LogP contribution in [0.15, 0.2) is 60.3 Å². The molecule has 1 aliphatic heterocycles. The number of methoxy groups -OCH3 is 2. The largest absolute Gasteiger partial charge is 0.495 e. The molecule has 0 aromatic heterocycles. The van der Waals surface area contributed by atoms with Crippen LogP contribution in [0.2, 0.25) is 10.0 Å². The molecule has 0 spiro atoms. The summed E-state index contributed by atoms with van der Waals surface area (Å²) in [6.07, 6.45) is 1.51. The molecule has 0 radical (unpaired) electrons. The molecule has 4 amide bonds. The number of amides is 4. The number of imide groups is 1. The number of nitrogens with zero attached hydrogens (tertiary/aromatic N) is 1. The molecule has 1 fully saturated rings. The van der Waals surface area contributed by atoms with Gasteiger partial charge in [0.05, 0.1) is 33.5 Å². The summed E-state index contributed by atoms with van der Waals surface area (Å²) in [6.45, 7) is -0.244. The molecule has 1 aliphatic rings. The Labute approximate surface area is 248 Å². The maximum atomic E-state index is 12.9. The second-order valence-electron chi connectivity index (χ2n) is 8.20. The highest BCUT2D eigenvalue weighted by molar-refractivity contribution is 14.1. The fourth-order valence-corrected chi connectivity index (χ4v) is 4.81. The maximum Gasteiger partial charge on any atom is 0.329 e. The quantitative estimate of drug-likeness (QED) is 0.170. The van der Waals surface area contributed by atoms with E-state index in [0.29, 0.717) is 42.1 Å². The van der Waals surface area contributed by atoms with Crippen molar-refractivity contribution >= 4 is 75.4 Å². The van der Waals surface area contributed by atoms with Gasteiger partial charge in [0.2, 0.25) is 5.91 Å². The zero-order valence-corrected chi connectivity index (χ0v) is 24.4. The van der Waals surface area contributed by atoms with Crippen LogP contribution < -0.4 is 24.8 Å². The van der Waals surface area contributed by atoms with Crippen LogP contribution in [-0.4, -0.2) is 43.5 Å². The molecule has 0 unspecified atom stereocenters. The number of halogens is 3. The number of hydrogen-bond donors (Lipinski definition) is 2. The molecule has 0 aliphatic carbocycles. The SMILES string of the molecule is COc1ccccc1NC(=O)CN1C(=O)N/C(=C/c2cc(I)c(OCc3ccc(Cl)c(Cl)c3)c(OC)c2)C1=O. The van der Waals surface area contributed by atoms with Crippen LogP contribution in [0, 0.1) is 3.57 Å². The van der Waals surface area contributed by atoms with Gasteiger partial charge in [-0.25, -0.2) is 9.69 Å². The van der Waals surface area contributed by atoms with E-state index >= 15 is 0 Å². The first-order chi connectivity index (χ1) is 18.7. The number of ether oxygens (including phenoxy) is 3. The fraction of sp³-hybridized carbons (Fsp3) is 0.148. The number of benzene rings is 3. The van der Waals surface area contributed by atoms with Crippen LogP contribution >= 0.6 is 45.8 Å². The van der Waals surface area contributed by atoms with Gasteiger partial charge in [-0.05, 0) is 76.2 Å². The molecule has 3 aromatic rings. The summed E-state index contributed by atoms with van der Waals surface area (Å²) in [5, 5.41) is 6.05. The molecule has 9 nitrogen and oxygen atoms in total. The number of carbonyl (C=O) groups is 3. The van der Waals surface area contributed by atoms with Crippen molar-refractivity contribution in [3.8, 4) is 17.2 Å². The molecule has 1 saturated heterocycles. The van der Waals surface area contributed by atoms with Gasteiger partial charge in [0.1, 0.15) is 24.6 Å². The molecule has 4 rings (SSSR count). The third-order valence-electron chi connectivity index (χ3n) is 5.58. The van der Waals surface area contributed by atoms with Crippen LogP contribution in [0.4, 0.5) is 10.5 Å². The van der Waals surface area contributed by atoms with E-state index in [1.54, 1.807) is 48.5 Å². The number of para-hydroxylation sites is 2. The standard InChI is InChI=1S/C27H22Cl2IN3O6/c1-37-22-6-4-3-5-20(22)31-24(34)13-33-26(35)21(32-27(33)36)11-16-10-19(30)25(23(12-16)38-2)39-14-15-7-8-17(28)18(29)9-15/h3-12H,13-14H2,1-2H3,(H,31,34)(H,32,36)/b21-11+. The normalized spacial score (nSPS) is 13.9. The Kier molecular flexibility index (Phi) is 9.20. The smallest absolute Gasteiger partial charge is 0.329 e. The molecule has 3 aromatic carbocycles. The van der Waals surface area contributed by atoms with Crippen molar-refractivity contribution in [3.05, 3.63) is 85.0 Å². The van der Waals surface area contributed by atoms with Gasteiger partial charge in [0.15, 0.2) is 11.5 Å². The van der Waals surface area contributed by atoms with Crippen molar-refractivity contribution in [1.82, 2.24) is 10.2 Å². The Balaban J connectivity index is 1.47. The van der Waals surface area contributed by atoms with E-state index in [1.807, 2.05) is 6.07 Å². The van der Waals surface area contributed by atoms with Crippen LogP contribution in [-0.2, 0) is 16.2 Å². The topological polar surface area (TPSA) is 106 Å². The van der Waals surface area contributed by atoms with Gasteiger partial charge < -0.3 is 24.8 Å². The minimum atomic E-state index is -0.704. The zero-order chi connectivity index (χ0) is 28.1. The fourth-order valence-electron chi connectivity index (χ4n) is 3.71. The Morgan fingerprint density at radius 3 is 2.49 bits per heavy atom. The summed E-state index contributed by atoms with van der Waals surface area (Å²) in [7, 11) is 2.98. The van der Waals surface area contributed by atoms with E-state index in [-0.39, 0.29) is 12.3 Å². The lowest BCUT2D eigenvalue weighted by atomic mass is 10.1. The van der Waals surface area contributed by atoms with E-state index in [1.165, 1.54) is 20.3 Å². The first-order valence-electron chi connectivity index (χ1n) is 11.4. The van der Waals surface area contributed by atoms with Gasteiger partial charge in [0, 0.05) is 0 Å². The Morgan fingerprint density at radius 2 is 1.77 bits per heavy atom. The molecule has 1 heterocycles. The lowest BCUT2D eigenvalue weighted by molar-refractivity contribution is -0.127. The van der Waals surface area contributed by atoms with E-state index in [2.05, 4.69) is 33.2 Å². The highest BCUT2D eigenvalue weighted by atomic mass is 127. The molecule has 2 N–H and O–H groups in total. The van der Waals surface area contributed by atoms with E-state index in [0.717, 1.165) is 10.5 Å². The van der Waals surface area contributed by atoms with Crippen molar-refractivity contribution in [3.63, 3.8) is 0 Å². The Bertz CT molecular complexity index is 1480. The Morgan fingerprint density at radius 1 is 1.03 bits per heavy atom. The van der Waals surface area contributed by atoms with Gasteiger partial charge >= 0.3 is 6.03 Å². The molecule has 0 bridgehead atoms. The lowest BCUT2D eigenvalue weighted by Gasteiger charge is -2.14. The van der Waals surface area contributed by atoms with Gasteiger partial charge in [-0.3, -0.25) is 9.59 Å². The number of rotatable bonds is 9. The van der Waals surface area contributed by atoms with Crippen LogP contribution in [0.1, 0.15) is 11.1 Å². The summed E-state index contributed by atoms with van der Waals surface area (Å²) in [4.78, 5) is 38.8. The van der Waals surface area contributed by atoms with Crippen molar-refractivity contribution in [1.29, 1.82) is 0 Å². The number of hydrogen-bond acceptors (Lipinski definition) is 6. The second kappa shape index (κ2) is 12.6. The molecule has 0 saturated carbocycles. The average molecular weight is 682 g/mol. The zero-order valence-electron chi connectivity index (χ0n) is 20.7. The molecule has 39 heavy (non-hydrogen) atoms. The van der Waals surface area contributed by atoms with Crippen LogP contribution in [0.5, 0.6) is 17.2 Å². The third-order valence-corrected chi connectivity index (χ3v) is 7.12. The monoisotopic (exact) mass is 681 g/mol. The van der Waals surface area contributed by atoms with Crippen LogP contribution in [0.3, 0.4) is 0 Å². The number of anilines is 1.